The van der Waals surface area contributed by atoms with Crippen molar-refractivity contribution in [2.24, 2.45) is 0 Å². The summed E-state index contributed by atoms with van der Waals surface area (Å²) in [7, 11) is 0. The van der Waals surface area contributed by atoms with E-state index in [1.807, 2.05) is 57.2 Å². The summed E-state index contributed by atoms with van der Waals surface area (Å²) in [6, 6.07) is 20.2. The third-order valence-electron chi connectivity index (χ3n) is 5.66. The summed E-state index contributed by atoms with van der Waals surface area (Å²) in [6.45, 7) is 11.2. The van der Waals surface area contributed by atoms with Gasteiger partial charge in [0.25, 0.3) is 0 Å². The van der Waals surface area contributed by atoms with Crippen molar-refractivity contribution in [3.05, 3.63) is 71.8 Å². The lowest BCUT2D eigenvalue weighted by atomic mass is 10.1. The van der Waals surface area contributed by atoms with E-state index < -0.39 is 17.9 Å². The van der Waals surface area contributed by atoms with E-state index >= 15 is 0 Å². The number of hydrogen-bond donors (Lipinski definition) is 1. The van der Waals surface area contributed by atoms with Gasteiger partial charge in [0, 0.05) is 26.2 Å². The molecule has 2 rings (SSSR count). The lowest BCUT2D eigenvalue weighted by Gasteiger charge is -2.24. The zero-order valence-electron chi connectivity index (χ0n) is 25.4. The van der Waals surface area contributed by atoms with Crippen LogP contribution in [-0.2, 0) is 41.5 Å². The van der Waals surface area contributed by atoms with Crippen LogP contribution in [-0.4, -0.2) is 102 Å². The lowest BCUT2D eigenvalue weighted by Crippen LogP contribution is -2.34. The second kappa shape index (κ2) is 22.0. The summed E-state index contributed by atoms with van der Waals surface area (Å²) >= 11 is 0. The monoisotopic (exact) mass is 592 g/mol. The number of halogens is 1. The largest absolute Gasteiger partial charge is 0.444 e. The molecule has 42 heavy (non-hydrogen) atoms. The molecule has 0 heterocycles. The van der Waals surface area contributed by atoms with Crippen molar-refractivity contribution in [3.63, 3.8) is 0 Å². The first-order valence-corrected chi connectivity index (χ1v) is 14.6. The molecule has 0 radical (unpaired) electrons. The average Bonchev–Trinajstić information content (AvgIpc) is 2.95. The number of carbonyl (C=O) groups excluding carboxylic acids is 1. The molecule has 0 spiro atoms. The van der Waals surface area contributed by atoms with E-state index in [1.165, 1.54) is 0 Å². The summed E-state index contributed by atoms with van der Waals surface area (Å²) in [5.41, 5.74) is 1.79. The molecule has 0 saturated carbocycles. The predicted molar refractivity (Wildman–Crippen MR) is 160 cm³/mol. The predicted octanol–water partition coefficient (Wildman–Crippen LogP) is 4.63. The molecule has 9 nitrogen and oxygen atoms in total. The third-order valence-corrected chi connectivity index (χ3v) is 5.66. The minimum Gasteiger partial charge on any atom is -0.444 e. The summed E-state index contributed by atoms with van der Waals surface area (Å²) in [6.07, 6.45) is -1.55. The molecule has 1 unspecified atom stereocenters. The van der Waals surface area contributed by atoms with Crippen molar-refractivity contribution in [2.45, 2.75) is 45.6 Å². The third kappa shape index (κ3) is 19.5. The lowest BCUT2D eigenvalue weighted by molar-refractivity contribution is -0.0165. The Kier molecular flexibility index (Phi) is 18.7. The van der Waals surface area contributed by atoms with Gasteiger partial charge in [-0.2, -0.15) is 0 Å². The molecule has 10 heteroatoms. The molecule has 0 fully saturated rings. The first-order chi connectivity index (χ1) is 20.3. The fraction of sp³-hybridized carbons (Fsp3) is 0.594. The summed E-state index contributed by atoms with van der Waals surface area (Å²) in [5.74, 6) is 0. The molecule has 1 amide bonds. The number of alkyl halides is 1. The number of nitrogens with zero attached hydrogens (tertiary/aromatic N) is 1. The topological polar surface area (TPSA) is 87.7 Å². The molecular formula is C32H49FN2O7. The van der Waals surface area contributed by atoms with E-state index in [0.29, 0.717) is 79.1 Å². The van der Waals surface area contributed by atoms with Crippen LogP contribution >= 0.6 is 0 Å². The van der Waals surface area contributed by atoms with Crippen LogP contribution in [0.1, 0.15) is 31.9 Å². The van der Waals surface area contributed by atoms with E-state index in [9.17, 15) is 9.18 Å². The van der Waals surface area contributed by atoms with Crippen LogP contribution in [0.4, 0.5) is 9.18 Å². The number of nitrogens with one attached hydrogen (secondary N) is 1. The van der Waals surface area contributed by atoms with Crippen molar-refractivity contribution in [2.75, 3.05) is 79.2 Å². The highest BCUT2D eigenvalue weighted by Gasteiger charge is 2.16. The van der Waals surface area contributed by atoms with Crippen molar-refractivity contribution in [1.29, 1.82) is 0 Å². The number of amides is 1. The number of rotatable bonds is 23. The van der Waals surface area contributed by atoms with Crippen LogP contribution in [0.25, 0.3) is 0 Å². The normalized spacial score (nSPS) is 12.4. The van der Waals surface area contributed by atoms with Gasteiger partial charge in [-0.1, -0.05) is 60.7 Å². The van der Waals surface area contributed by atoms with Gasteiger partial charge in [-0.05, 0) is 31.9 Å². The second-order valence-corrected chi connectivity index (χ2v) is 10.7. The maximum absolute atomic E-state index is 14.8. The van der Waals surface area contributed by atoms with Crippen LogP contribution < -0.4 is 5.32 Å². The maximum atomic E-state index is 14.8. The molecule has 0 aliphatic heterocycles. The summed E-state index contributed by atoms with van der Waals surface area (Å²) in [5, 5.41) is 2.63. The van der Waals surface area contributed by atoms with E-state index in [0.717, 1.165) is 11.1 Å². The Bertz CT molecular complexity index is 890. The van der Waals surface area contributed by atoms with Crippen LogP contribution in [0.3, 0.4) is 0 Å². The molecule has 1 N–H and O–H groups in total. The van der Waals surface area contributed by atoms with Gasteiger partial charge in [0.05, 0.1) is 66.1 Å². The zero-order chi connectivity index (χ0) is 30.3. The molecule has 2 aromatic carbocycles. The van der Waals surface area contributed by atoms with Gasteiger partial charge in [0.2, 0.25) is 0 Å². The van der Waals surface area contributed by atoms with E-state index in [4.69, 9.17) is 28.4 Å². The molecule has 236 valence electrons. The maximum Gasteiger partial charge on any atom is 0.407 e. The Morgan fingerprint density at radius 2 is 1.14 bits per heavy atom. The Balaban J connectivity index is 1.40. The SMILES string of the molecule is CC(C)(C)OC(=O)NCCOCCOCCOCCOCCOCC(F)CN(Cc1ccccc1)Cc1ccccc1. The molecular weight excluding hydrogens is 543 g/mol. The fourth-order valence-corrected chi connectivity index (χ4v) is 3.83. The smallest absolute Gasteiger partial charge is 0.407 e. The highest BCUT2D eigenvalue weighted by Crippen LogP contribution is 2.12. The van der Waals surface area contributed by atoms with E-state index in [1.54, 1.807) is 0 Å². The molecule has 0 aromatic heterocycles. The van der Waals surface area contributed by atoms with Crippen molar-refractivity contribution < 1.29 is 37.6 Å². The number of benzene rings is 2. The van der Waals surface area contributed by atoms with Gasteiger partial charge in [0.1, 0.15) is 11.8 Å². The first kappa shape index (κ1) is 35.6. The molecule has 1 atom stereocenters. The van der Waals surface area contributed by atoms with Crippen LogP contribution in [0.2, 0.25) is 0 Å². The van der Waals surface area contributed by atoms with Crippen LogP contribution in [0, 0.1) is 0 Å². The number of hydrogen-bond acceptors (Lipinski definition) is 8. The number of ether oxygens (including phenoxy) is 6. The Labute approximate surface area is 250 Å². The molecule has 0 aliphatic rings. The first-order valence-electron chi connectivity index (χ1n) is 14.6. The van der Waals surface area contributed by atoms with Gasteiger partial charge < -0.3 is 33.7 Å². The standard InChI is InChI=1S/C32H49FN2O7/c1-32(2,3)42-31(36)34-14-15-37-16-17-38-18-19-39-20-21-40-22-23-41-27-30(33)26-35(24-28-10-6-4-7-11-28)25-29-12-8-5-9-13-29/h4-13,30H,14-27H2,1-3H3,(H,34,36). The zero-order valence-corrected chi connectivity index (χ0v) is 25.4. The summed E-state index contributed by atoms with van der Waals surface area (Å²) < 4.78 is 47.2. The van der Waals surface area contributed by atoms with Gasteiger partial charge in [0.15, 0.2) is 0 Å². The van der Waals surface area contributed by atoms with Gasteiger partial charge in [-0.25, -0.2) is 9.18 Å². The molecule has 2 aromatic rings. The number of alkyl carbamates (subject to hydrolysis) is 1. The van der Waals surface area contributed by atoms with Gasteiger partial charge in [-0.15, -0.1) is 0 Å². The van der Waals surface area contributed by atoms with Crippen molar-refractivity contribution in [3.8, 4) is 0 Å². The van der Waals surface area contributed by atoms with Gasteiger partial charge in [-0.3, -0.25) is 4.90 Å². The van der Waals surface area contributed by atoms with E-state index in [2.05, 4.69) is 34.5 Å². The Morgan fingerprint density at radius 3 is 1.60 bits per heavy atom. The highest BCUT2D eigenvalue weighted by atomic mass is 19.1. The minimum atomic E-state index is -1.10. The molecule has 0 saturated heterocycles. The van der Waals surface area contributed by atoms with Crippen LogP contribution in [0.15, 0.2) is 60.7 Å². The quantitative estimate of drug-likeness (QED) is 0.187. The van der Waals surface area contributed by atoms with Crippen molar-refractivity contribution in [1.82, 2.24) is 10.2 Å². The highest BCUT2D eigenvalue weighted by molar-refractivity contribution is 5.67. The number of carbonyl (C=O) groups is 1. The Hall–Kier alpha value is -2.60. The molecule has 0 bridgehead atoms. The fourth-order valence-electron chi connectivity index (χ4n) is 3.83. The second-order valence-electron chi connectivity index (χ2n) is 10.7. The average molecular weight is 593 g/mol. The summed E-state index contributed by atoms with van der Waals surface area (Å²) in [4.78, 5) is 13.6. The van der Waals surface area contributed by atoms with Gasteiger partial charge >= 0.3 is 6.09 Å². The minimum absolute atomic E-state index is 0.0290. The van der Waals surface area contributed by atoms with Crippen LogP contribution in [0.5, 0.6) is 0 Å². The Morgan fingerprint density at radius 1 is 0.714 bits per heavy atom. The molecule has 0 aliphatic carbocycles. The van der Waals surface area contributed by atoms with E-state index in [-0.39, 0.29) is 13.2 Å². The van der Waals surface area contributed by atoms with Crippen molar-refractivity contribution >= 4 is 6.09 Å².